The zero-order chi connectivity index (χ0) is 19.2. The molecule has 0 bridgehead atoms. The minimum atomic E-state index is -0.222. The number of hydrogen-bond acceptors (Lipinski definition) is 3. The Morgan fingerprint density at radius 3 is 2.74 bits per heavy atom. The molecule has 1 aliphatic heterocycles. The average molecular weight is 369 g/mol. The van der Waals surface area contributed by atoms with E-state index in [1.807, 2.05) is 43.0 Å². The number of benzene rings is 1. The third-order valence-corrected chi connectivity index (χ3v) is 5.26. The molecule has 1 atom stereocenters. The van der Waals surface area contributed by atoms with Crippen molar-refractivity contribution in [2.24, 2.45) is 0 Å². The van der Waals surface area contributed by atoms with Crippen LogP contribution in [0.3, 0.4) is 0 Å². The summed E-state index contributed by atoms with van der Waals surface area (Å²) in [6.45, 7) is 6.89. The number of aromatic nitrogens is 1. The van der Waals surface area contributed by atoms with Gasteiger partial charge in [-0.3, -0.25) is 14.7 Å². The van der Waals surface area contributed by atoms with Gasteiger partial charge in [0, 0.05) is 25.2 Å². The Bertz CT molecular complexity index is 776. The molecule has 0 spiro atoms. The van der Waals surface area contributed by atoms with E-state index in [0.29, 0.717) is 13.0 Å². The first-order chi connectivity index (χ1) is 13.1. The van der Waals surface area contributed by atoms with Crippen LogP contribution in [0.15, 0.2) is 42.5 Å². The Morgan fingerprint density at radius 2 is 2.00 bits per heavy atom. The predicted octanol–water partition coefficient (Wildman–Crippen LogP) is 3.82. The van der Waals surface area contributed by atoms with Gasteiger partial charge in [-0.1, -0.05) is 18.2 Å². The first kappa shape index (κ1) is 19.5. The smallest absolute Gasteiger partial charge is 0.236 e. The molecule has 5 heteroatoms. The van der Waals surface area contributed by atoms with Crippen LogP contribution >= 0.6 is 0 Å². The monoisotopic (exact) mass is 369 g/mol. The van der Waals surface area contributed by atoms with Crippen LogP contribution in [-0.2, 0) is 11.2 Å². The second-order valence-corrected chi connectivity index (χ2v) is 7.06. The summed E-state index contributed by atoms with van der Waals surface area (Å²) in [7, 11) is 0. The summed E-state index contributed by atoms with van der Waals surface area (Å²) in [6, 6.07) is 12.9. The molecule has 0 radical (unpaired) electrons. The minimum absolute atomic E-state index is 0.178. The van der Waals surface area contributed by atoms with E-state index in [4.69, 9.17) is 4.98 Å². The number of hydrogen-bond donors (Lipinski definition) is 0. The number of halogens is 1. The molecule has 1 saturated heterocycles. The Morgan fingerprint density at radius 1 is 1.22 bits per heavy atom. The molecule has 0 N–H and O–H groups in total. The highest BCUT2D eigenvalue weighted by atomic mass is 19.1. The van der Waals surface area contributed by atoms with Gasteiger partial charge in [0.25, 0.3) is 0 Å². The van der Waals surface area contributed by atoms with Crippen LogP contribution < -0.4 is 0 Å². The number of amides is 1. The topological polar surface area (TPSA) is 36.4 Å². The number of carbonyl (C=O) groups is 1. The van der Waals surface area contributed by atoms with E-state index in [9.17, 15) is 9.18 Å². The molecule has 3 rings (SSSR count). The highest BCUT2D eigenvalue weighted by Gasteiger charge is 2.29. The van der Waals surface area contributed by atoms with Crippen LogP contribution in [0.25, 0.3) is 0 Å². The lowest BCUT2D eigenvalue weighted by Gasteiger charge is -2.27. The first-order valence-electron chi connectivity index (χ1n) is 9.82. The molecule has 1 aromatic carbocycles. The largest absolute Gasteiger partial charge is 0.342 e. The van der Waals surface area contributed by atoms with E-state index in [2.05, 4.69) is 4.90 Å². The van der Waals surface area contributed by atoms with Crippen molar-refractivity contribution in [1.82, 2.24) is 14.8 Å². The van der Waals surface area contributed by atoms with Crippen molar-refractivity contribution in [3.05, 3.63) is 65.2 Å². The number of pyridine rings is 1. The summed E-state index contributed by atoms with van der Waals surface area (Å²) in [5, 5.41) is 0. The second-order valence-electron chi connectivity index (χ2n) is 7.06. The molecule has 27 heavy (non-hydrogen) atoms. The Kier molecular flexibility index (Phi) is 6.56. The van der Waals surface area contributed by atoms with Gasteiger partial charge in [-0.2, -0.15) is 0 Å². The second kappa shape index (κ2) is 9.09. The zero-order valence-electron chi connectivity index (χ0n) is 16.2. The highest BCUT2D eigenvalue weighted by molar-refractivity contribution is 5.78. The van der Waals surface area contributed by atoms with Crippen LogP contribution in [0.2, 0.25) is 0 Å². The summed E-state index contributed by atoms with van der Waals surface area (Å²) in [6.07, 6.45) is 2.70. The summed E-state index contributed by atoms with van der Waals surface area (Å²) >= 11 is 0. The van der Waals surface area contributed by atoms with Gasteiger partial charge in [-0.15, -0.1) is 0 Å². The van der Waals surface area contributed by atoms with Gasteiger partial charge in [0.1, 0.15) is 5.82 Å². The van der Waals surface area contributed by atoms with E-state index < -0.39 is 0 Å². The number of likely N-dealkylation sites (tertiary alicyclic amines) is 1. The van der Waals surface area contributed by atoms with Gasteiger partial charge in [0.05, 0.1) is 18.3 Å². The molecule has 1 aliphatic rings. The molecular formula is C22H28FN3O. The molecule has 4 nitrogen and oxygen atoms in total. The van der Waals surface area contributed by atoms with Crippen molar-refractivity contribution in [3.63, 3.8) is 0 Å². The van der Waals surface area contributed by atoms with Gasteiger partial charge >= 0.3 is 0 Å². The van der Waals surface area contributed by atoms with Crippen molar-refractivity contribution < 1.29 is 9.18 Å². The van der Waals surface area contributed by atoms with Crippen molar-refractivity contribution in [1.29, 1.82) is 0 Å². The van der Waals surface area contributed by atoms with E-state index >= 15 is 0 Å². The fraction of sp³-hybridized carbons (Fsp3) is 0.455. The van der Waals surface area contributed by atoms with Crippen molar-refractivity contribution in [2.75, 3.05) is 26.2 Å². The fourth-order valence-corrected chi connectivity index (χ4v) is 3.84. The zero-order valence-corrected chi connectivity index (χ0v) is 16.2. The third kappa shape index (κ3) is 4.92. The normalized spacial score (nSPS) is 17.2. The van der Waals surface area contributed by atoms with Crippen LogP contribution in [0.1, 0.15) is 49.7 Å². The van der Waals surface area contributed by atoms with E-state index in [0.717, 1.165) is 49.4 Å². The molecule has 0 unspecified atom stereocenters. The van der Waals surface area contributed by atoms with Crippen molar-refractivity contribution >= 4 is 5.91 Å². The standard InChI is InChI=1S/C22H28FN3O/c1-3-25(4-2)22(27)16-26-13-7-12-21(26)20-11-6-10-19(24-20)15-17-8-5-9-18(23)14-17/h5-6,8-11,14,21H,3-4,7,12-13,15-16H2,1-2H3/t21-/m1/s1. The third-order valence-electron chi connectivity index (χ3n) is 5.26. The SMILES string of the molecule is CCN(CC)C(=O)CN1CCC[C@@H]1c1cccc(Cc2cccc(F)c2)n1. The number of rotatable bonds is 7. The van der Waals surface area contributed by atoms with E-state index in [-0.39, 0.29) is 17.8 Å². The Labute approximate surface area is 161 Å². The maximum atomic E-state index is 13.4. The maximum Gasteiger partial charge on any atom is 0.236 e. The molecule has 2 aromatic rings. The minimum Gasteiger partial charge on any atom is -0.342 e. The lowest BCUT2D eigenvalue weighted by atomic mass is 10.1. The number of nitrogens with zero attached hydrogens (tertiary/aromatic N) is 3. The molecular weight excluding hydrogens is 341 g/mol. The molecule has 1 aromatic heterocycles. The molecule has 0 saturated carbocycles. The molecule has 2 heterocycles. The number of likely N-dealkylation sites (N-methyl/N-ethyl adjacent to an activating group) is 1. The molecule has 1 fully saturated rings. The Balaban J connectivity index is 1.72. The van der Waals surface area contributed by atoms with E-state index in [1.165, 1.54) is 6.07 Å². The van der Waals surface area contributed by atoms with Crippen molar-refractivity contribution in [2.45, 2.75) is 39.2 Å². The lowest BCUT2D eigenvalue weighted by Crippen LogP contribution is -2.40. The van der Waals surface area contributed by atoms with Crippen LogP contribution in [0.4, 0.5) is 4.39 Å². The van der Waals surface area contributed by atoms with Crippen molar-refractivity contribution in [3.8, 4) is 0 Å². The Hall–Kier alpha value is -2.27. The average Bonchev–Trinajstić information content (AvgIpc) is 3.11. The van der Waals surface area contributed by atoms with Gasteiger partial charge in [0.15, 0.2) is 0 Å². The van der Waals surface area contributed by atoms with Crippen LogP contribution in [-0.4, -0.2) is 46.9 Å². The first-order valence-corrected chi connectivity index (χ1v) is 9.82. The molecule has 1 amide bonds. The van der Waals surface area contributed by atoms with Gasteiger partial charge in [-0.05, 0) is 63.1 Å². The quantitative estimate of drug-likeness (QED) is 0.744. The van der Waals surface area contributed by atoms with Gasteiger partial charge < -0.3 is 4.90 Å². The predicted molar refractivity (Wildman–Crippen MR) is 105 cm³/mol. The fourth-order valence-electron chi connectivity index (χ4n) is 3.84. The van der Waals surface area contributed by atoms with Crippen LogP contribution in [0, 0.1) is 5.82 Å². The summed E-state index contributed by atoms with van der Waals surface area (Å²) in [5.41, 5.74) is 2.86. The van der Waals surface area contributed by atoms with Gasteiger partial charge in [-0.25, -0.2) is 4.39 Å². The molecule has 0 aliphatic carbocycles. The van der Waals surface area contributed by atoms with E-state index in [1.54, 1.807) is 12.1 Å². The maximum absolute atomic E-state index is 13.4. The highest BCUT2D eigenvalue weighted by Crippen LogP contribution is 2.30. The number of carbonyl (C=O) groups excluding carboxylic acids is 1. The summed E-state index contributed by atoms with van der Waals surface area (Å²) in [4.78, 5) is 21.5. The lowest BCUT2D eigenvalue weighted by molar-refractivity contribution is -0.132. The summed E-state index contributed by atoms with van der Waals surface area (Å²) in [5.74, 6) is -0.0386. The molecule has 144 valence electrons. The van der Waals surface area contributed by atoms with Crippen LogP contribution in [0.5, 0.6) is 0 Å². The summed E-state index contributed by atoms with van der Waals surface area (Å²) < 4.78 is 13.4. The van der Waals surface area contributed by atoms with Gasteiger partial charge in [0.2, 0.25) is 5.91 Å².